The number of likely N-dealkylation sites (N-methyl/N-ethyl adjacent to an activating group) is 1. The Labute approximate surface area is 85.4 Å². The number of hydrogen-bond acceptors (Lipinski definition) is 3. The second-order valence-electron chi connectivity index (χ2n) is 4.62. The van der Waals surface area contributed by atoms with Gasteiger partial charge in [-0.15, -0.1) is 0 Å². The first-order chi connectivity index (χ1) is 6.62. The van der Waals surface area contributed by atoms with Crippen LogP contribution in [0.25, 0.3) is 0 Å². The Balaban J connectivity index is 2.12. The molecular formula is C11H19NO2. The van der Waals surface area contributed by atoms with Gasteiger partial charge in [0.25, 0.3) is 0 Å². The van der Waals surface area contributed by atoms with Crippen LogP contribution in [0.3, 0.4) is 0 Å². The minimum atomic E-state index is -0.630. The molecule has 2 unspecified atom stereocenters. The highest BCUT2D eigenvalue weighted by Crippen LogP contribution is 2.35. The Morgan fingerprint density at radius 1 is 1.64 bits per heavy atom. The van der Waals surface area contributed by atoms with E-state index < -0.39 is 5.60 Å². The lowest BCUT2D eigenvalue weighted by Crippen LogP contribution is -2.35. The minimum Gasteiger partial charge on any atom is -0.501 e. The molecule has 0 spiro atoms. The van der Waals surface area contributed by atoms with E-state index >= 15 is 0 Å². The topological polar surface area (TPSA) is 32.7 Å². The summed E-state index contributed by atoms with van der Waals surface area (Å²) in [6, 6.07) is 0.461. The SMILES string of the molecule is CC1CC(O)(C2=COCCC2)CN1C. The summed E-state index contributed by atoms with van der Waals surface area (Å²) in [4.78, 5) is 2.20. The molecule has 0 aliphatic carbocycles. The molecule has 1 saturated heterocycles. The van der Waals surface area contributed by atoms with Crippen molar-refractivity contribution in [2.24, 2.45) is 0 Å². The zero-order valence-corrected chi connectivity index (χ0v) is 8.99. The van der Waals surface area contributed by atoms with E-state index in [9.17, 15) is 5.11 Å². The second kappa shape index (κ2) is 3.55. The van der Waals surface area contributed by atoms with Crippen LogP contribution in [-0.4, -0.2) is 41.8 Å². The number of rotatable bonds is 1. The standard InChI is InChI=1S/C11H19NO2/c1-9-6-11(13,8-12(9)2)10-4-3-5-14-7-10/h7,9,13H,3-6,8H2,1-2H3. The maximum atomic E-state index is 10.5. The summed E-state index contributed by atoms with van der Waals surface area (Å²) in [5.74, 6) is 0. The van der Waals surface area contributed by atoms with Crippen molar-refractivity contribution >= 4 is 0 Å². The summed E-state index contributed by atoms with van der Waals surface area (Å²) >= 11 is 0. The van der Waals surface area contributed by atoms with E-state index in [0.717, 1.165) is 38.0 Å². The van der Waals surface area contributed by atoms with Crippen LogP contribution in [0.1, 0.15) is 26.2 Å². The van der Waals surface area contributed by atoms with E-state index in [4.69, 9.17) is 4.74 Å². The maximum absolute atomic E-state index is 10.5. The van der Waals surface area contributed by atoms with Gasteiger partial charge in [-0.05, 0) is 38.8 Å². The normalized spacial score (nSPS) is 39.4. The molecule has 3 nitrogen and oxygen atoms in total. The molecule has 0 radical (unpaired) electrons. The quantitative estimate of drug-likeness (QED) is 0.684. The molecule has 0 aromatic heterocycles. The summed E-state index contributed by atoms with van der Waals surface area (Å²) < 4.78 is 5.29. The van der Waals surface area contributed by atoms with E-state index in [-0.39, 0.29) is 0 Å². The lowest BCUT2D eigenvalue weighted by molar-refractivity contribution is 0.0724. The molecule has 0 aromatic carbocycles. The first-order valence-electron chi connectivity index (χ1n) is 5.35. The predicted molar refractivity (Wildman–Crippen MR) is 54.9 cm³/mol. The Morgan fingerprint density at radius 2 is 2.43 bits per heavy atom. The van der Waals surface area contributed by atoms with Crippen LogP contribution >= 0.6 is 0 Å². The molecule has 80 valence electrons. The van der Waals surface area contributed by atoms with Crippen molar-refractivity contribution in [3.05, 3.63) is 11.8 Å². The average Bonchev–Trinajstić information content (AvgIpc) is 2.44. The van der Waals surface area contributed by atoms with Crippen molar-refractivity contribution in [3.63, 3.8) is 0 Å². The third-order valence-electron chi connectivity index (χ3n) is 3.43. The number of nitrogens with zero attached hydrogens (tertiary/aromatic N) is 1. The number of aliphatic hydroxyl groups is 1. The first-order valence-corrected chi connectivity index (χ1v) is 5.35. The highest BCUT2D eigenvalue weighted by Gasteiger charge is 2.42. The van der Waals surface area contributed by atoms with Gasteiger partial charge in [-0.25, -0.2) is 0 Å². The van der Waals surface area contributed by atoms with E-state index in [1.807, 2.05) is 0 Å². The van der Waals surface area contributed by atoms with Gasteiger partial charge in [0.05, 0.1) is 12.9 Å². The molecular weight excluding hydrogens is 178 g/mol. The molecule has 0 amide bonds. The van der Waals surface area contributed by atoms with Gasteiger partial charge in [0.1, 0.15) is 5.60 Å². The molecule has 2 aliphatic heterocycles. The summed E-state index contributed by atoms with van der Waals surface area (Å²) in [6.07, 6.45) is 4.62. The van der Waals surface area contributed by atoms with Gasteiger partial charge in [-0.2, -0.15) is 0 Å². The first kappa shape index (κ1) is 9.99. The highest BCUT2D eigenvalue weighted by molar-refractivity contribution is 5.20. The second-order valence-corrected chi connectivity index (χ2v) is 4.62. The lowest BCUT2D eigenvalue weighted by Gasteiger charge is -2.28. The van der Waals surface area contributed by atoms with Crippen LogP contribution in [0.5, 0.6) is 0 Å². The molecule has 0 aromatic rings. The smallest absolute Gasteiger partial charge is 0.103 e. The van der Waals surface area contributed by atoms with E-state index in [0.29, 0.717) is 6.04 Å². The van der Waals surface area contributed by atoms with Gasteiger partial charge >= 0.3 is 0 Å². The van der Waals surface area contributed by atoms with Crippen LogP contribution < -0.4 is 0 Å². The van der Waals surface area contributed by atoms with E-state index in [2.05, 4.69) is 18.9 Å². The molecule has 2 heterocycles. The van der Waals surface area contributed by atoms with Gasteiger partial charge in [-0.1, -0.05) is 0 Å². The summed E-state index contributed by atoms with van der Waals surface area (Å²) in [5, 5.41) is 10.5. The molecule has 14 heavy (non-hydrogen) atoms. The zero-order chi connectivity index (χ0) is 10.2. The van der Waals surface area contributed by atoms with Crippen LogP contribution in [0.2, 0.25) is 0 Å². The molecule has 0 saturated carbocycles. The van der Waals surface area contributed by atoms with Crippen molar-refractivity contribution in [2.45, 2.75) is 37.8 Å². The van der Waals surface area contributed by atoms with Crippen molar-refractivity contribution in [1.82, 2.24) is 4.90 Å². The largest absolute Gasteiger partial charge is 0.501 e. The minimum absolute atomic E-state index is 0.461. The van der Waals surface area contributed by atoms with Gasteiger partial charge in [0.15, 0.2) is 0 Å². The molecule has 2 atom stereocenters. The van der Waals surface area contributed by atoms with Crippen molar-refractivity contribution < 1.29 is 9.84 Å². The van der Waals surface area contributed by atoms with Crippen molar-refractivity contribution in [1.29, 1.82) is 0 Å². The van der Waals surface area contributed by atoms with Gasteiger partial charge in [0, 0.05) is 12.6 Å². The summed E-state index contributed by atoms with van der Waals surface area (Å²) in [5.41, 5.74) is 0.453. The fourth-order valence-electron chi connectivity index (χ4n) is 2.42. The highest BCUT2D eigenvalue weighted by atomic mass is 16.5. The lowest BCUT2D eigenvalue weighted by atomic mass is 9.88. The zero-order valence-electron chi connectivity index (χ0n) is 8.99. The predicted octanol–water partition coefficient (Wildman–Crippen LogP) is 1.14. The van der Waals surface area contributed by atoms with Crippen LogP contribution in [0, 0.1) is 0 Å². The fraction of sp³-hybridized carbons (Fsp3) is 0.818. The number of ether oxygens (including phenoxy) is 1. The number of hydrogen-bond donors (Lipinski definition) is 1. The van der Waals surface area contributed by atoms with Crippen LogP contribution in [0.15, 0.2) is 11.8 Å². The third kappa shape index (κ3) is 1.66. The van der Waals surface area contributed by atoms with Gasteiger partial charge in [-0.3, -0.25) is 0 Å². The molecule has 3 heteroatoms. The molecule has 2 rings (SSSR count). The monoisotopic (exact) mass is 197 g/mol. The summed E-state index contributed by atoms with van der Waals surface area (Å²) in [6.45, 7) is 3.69. The molecule has 0 bridgehead atoms. The number of β-amino-alcohol motifs (C(OH)–C–C–N with tert-alkyl or cyclic N) is 1. The van der Waals surface area contributed by atoms with E-state index in [1.165, 1.54) is 0 Å². The Bertz CT molecular complexity index is 240. The number of likely N-dealkylation sites (tertiary alicyclic amines) is 1. The van der Waals surface area contributed by atoms with Crippen LogP contribution in [0.4, 0.5) is 0 Å². The van der Waals surface area contributed by atoms with E-state index in [1.54, 1.807) is 6.26 Å². The third-order valence-corrected chi connectivity index (χ3v) is 3.43. The molecule has 1 fully saturated rings. The molecule has 1 N–H and O–H groups in total. The van der Waals surface area contributed by atoms with Crippen molar-refractivity contribution in [2.75, 3.05) is 20.2 Å². The Morgan fingerprint density at radius 3 is 2.93 bits per heavy atom. The van der Waals surface area contributed by atoms with Gasteiger partial charge in [0.2, 0.25) is 0 Å². The fourth-order valence-corrected chi connectivity index (χ4v) is 2.42. The maximum Gasteiger partial charge on any atom is 0.103 e. The average molecular weight is 197 g/mol. The van der Waals surface area contributed by atoms with Gasteiger partial charge < -0.3 is 14.7 Å². The summed E-state index contributed by atoms with van der Waals surface area (Å²) in [7, 11) is 2.06. The molecule has 2 aliphatic rings. The van der Waals surface area contributed by atoms with Crippen LogP contribution in [-0.2, 0) is 4.74 Å². The Kier molecular flexibility index (Phi) is 2.54. The van der Waals surface area contributed by atoms with Crippen molar-refractivity contribution in [3.8, 4) is 0 Å². The Hall–Kier alpha value is -0.540.